The number of aliphatic carboxylic acids is 1. The van der Waals surface area contributed by atoms with Crippen molar-refractivity contribution in [3.05, 3.63) is 24.3 Å². The molecule has 0 aliphatic carbocycles. The molecule has 0 bridgehead atoms. The van der Waals surface area contributed by atoms with E-state index >= 15 is 0 Å². The fraction of sp³-hybridized carbons (Fsp3) is 0.308. The molecule has 1 atom stereocenters. The highest BCUT2D eigenvalue weighted by Crippen LogP contribution is 2.18. The minimum atomic E-state index is -1.37. The summed E-state index contributed by atoms with van der Waals surface area (Å²) in [5.74, 6) is -1.51. The summed E-state index contributed by atoms with van der Waals surface area (Å²) in [7, 11) is 2.99. The molecule has 3 amide bonds. The summed E-state index contributed by atoms with van der Waals surface area (Å²) in [6.07, 6.45) is -0.475. The van der Waals surface area contributed by atoms with Crippen LogP contribution in [0.4, 0.5) is 10.5 Å². The molecule has 1 aromatic carbocycles. The lowest BCUT2D eigenvalue weighted by Crippen LogP contribution is -2.48. The van der Waals surface area contributed by atoms with Crippen LogP contribution in [0.15, 0.2) is 24.3 Å². The Morgan fingerprint density at radius 1 is 1.33 bits per heavy atom. The Kier molecular flexibility index (Phi) is 5.53. The Balaban J connectivity index is 2.76. The summed E-state index contributed by atoms with van der Waals surface area (Å²) in [5.41, 5.74) is 5.48. The highest BCUT2D eigenvalue weighted by Gasteiger charge is 2.24. The van der Waals surface area contributed by atoms with Gasteiger partial charge in [-0.15, -0.1) is 0 Å². The SMILES string of the molecule is COc1ccc(N(C)C(=O)N[C@H](CC(N)=O)C(=O)O)cc1. The number of urea groups is 1. The molecule has 0 saturated heterocycles. The zero-order chi connectivity index (χ0) is 16.0. The third-order valence-electron chi connectivity index (χ3n) is 2.77. The number of methoxy groups -OCH3 is 1. The molecule has 8 nitrogen and oxygen atoms in total. The van der Waals surface area contributed by atoms with Gasteiger partial charge in [0.2, 0.25) is 5.91 Å². The van der Waals surface area contributed by atoms with Crippen LogP contribution in [-0.2, 0) is 9.59 Å². The number of carbonyl (C=O) groups is 3. The van der Waals surface area contributed by atoms with Gasteiger partial charge in [0.1, 0.15) is 11.8 Å². The van der Waals surface area contributed by atoms with Gasteiger partial charge in [-0.1, -0.05) is 0 Å². The number of amides is 3. The molecule has 0 heterocycles. The summed E-state index contributed by atoms with van der Waals surface area (Å²) in [6, 6.07) is 4.59. The number of carbonyl (C=O) groups excluding carboxylic acids is 2. The van der Waals surface area contributed by atoms with E-state index in [1.807, 2.05) is 0 Å². The number of benzene rings is 1. The van der Waals surface area contributed by atoms with Crippen molar-refractivity contribution in [3.8, 4) is 5.75 Å². The zero-order valence-electron chi connectivity index (χ0n) is 11.7. The molecule has 1 aromatic rings. The van der Waals surface area contributed by atoms with Crippen molar-refractivity contribution in [2.24, 2.45) is 5.73 Å². The zero-order valence-corrected chi connectivity index (χ0v) is 11.7. The van der Waals surface area contributed by atoms with Gasteiger partial charge in [0.25, 0.3) is 0 Å². The van der Waals surface area contributed by atoms with Crippen molar-refractivity contribution < 1.29 is 24.2 Å². The second-order valence-electron chi connectivity index (χ2n) is 4.27. The van der Waals surface area contributed by atoms with Crippen molar-refractivity contribution in [2.45, 2.75) is 12.5 Å². The molecule has 0 aliphatic heterocycles. The molecular weight excluding hydrogens is 278 g/mol. The number of nitrogens with zero attached hydrogens (tertiary/aromatic N) is 1. The Labute approximate surface area is 121 Å². The van der Waals surface area contributed by atoms with Crippen LogP contribution in [0.5, 0.6) is 5.75 Å². The topological polar surface area (TPSA) is 122 Å². The fourth-order valence-corrected chi connectivity index (χ4v) is 1.57. The second-order valence-corrected chi connectivity index (χ2v) is 4.27. The van der Waals surface area contributed by atoms with Crippen molar-refractivity contribution in [1.29, 1.82) is 0 Å². The first kappa shape index (κ1) is 16.3. The molecule has 0 aromatic heterocycles. The molecule has 114 valence electrons. The summed E-state index contributed by atoms with van der Waals surface area (Å²) >= 11 is 0. The number of nitrogens with one attached hydrogen (secondary N) is 1. The molecule has 4 N–H and O–H groups in total. The van der Waals surface area contributed by atoms with Gasteiger partial charge in [-0.3, -0.25) is 9.69 Å². The van der Waals surface area contributed by atoms with Crippen molar-refractivity contribution in [1.82, 2.24) is 5.32 Å². The van der Waals surface area contributed by atoms with Gasteiger partial charge in [0, 0.05) is 12.7 Å². The lowest BCUT2D eigenvalue weighted by Gasteiger charge is -2.21. The first-order chi connectivity index (χ1) is 9.85. The first-order valence-corrected chi connectivity index (χ1v) is 6.04. The largest absolute Gasteiger partial charge is 0.497 e. The number of carboxylic acid groups (broad SMARTS) is 1. The summed E-state index contributed by atoms with van der Waals surface area (Å²) in [5, 5.41) is 11.2. The Morgan fingerprint density at radius 3 is 2.33 bits per heavy atom. The second kappa shape index (κ2) is 7.13. The summed E-state index contributed by atoms with van der Waals surface area (Å²) < 4.78 is 5.00. The van der Waals surface area contributed by atoms with E-state index in [-0.39, 0.29) is 0 Å². The van der Waals surface area contributed by atoms with E-state index in [1.165, 1.54) is 19.1 Å². The number of hydrogen-bond donors (Lipinski definition) is 3. The molecule has 8 heteroatoms. The third kappa shape index (κ3) is 4.68. The van der Waals surface area contributed by atoms with Crippen molar-refractivity contribution in [3.63, 3.8) is 0 Å². The lowest BCUT2D eigenvalue weighted by atomic mass is 10.2. The van der Waals surface area contributed by atoms with Gasteiger partial charge in [0.15, 0.2) is 0 Å². The van der Waals surface area contributed by atoms with E-state index in [4.69, 9.17) is 15.6 Å². The van der Waals surface area contributed by atoms with E-state index in [1.54, 1.807) is 24.3 Å². The predicted octanol–water partition coefficient (Wildman–Crippen LogP) is 0.170. The van der Waals surface area contributed by atoms with Gasteiger partial charge in [0.05, 0.1) is 13.5 Å². The van der Waals surface area contributed by atoms with Crippen LogP contribution in [-0.4, -0.2) is 43.2 Å². The third-order valence-corrected chi connectivity index (χ3v) is 2.77. The van der Waals surface area contributed by atoms with E-state index in [2.05, 4.69) is 5.32 Å². The first-order valence-electron chi connectivity index (χ1n) is 6.04. The average Bonchev–Trinajstić information content (AvgIpc) is 2.45. The highest BCUT2D eigenvalue weighted by molar-refractivity contribution is 5.95. The standard InChI is InChI=1S/C13H17N3O5/c1-16(8-3-5-9(21-2)6-4-8)13(20)15-10(12(18)19)7-11(14)17/h3-6,10H,7H2,1-2H3,(H2,14,17)(H,15,20)(H,18,19)/t10-/m1/s1. The van der Waals surface area contributed by atoms with E-state index < -0.39 is 30.4 Å². The van der Waals surface area contributed by atoms with Crippen LogP contribution >= 0.6 is 0 Å². The normalized spacial score (nSPS) is 11.3. The van der Waals surface area contributed by atoms with E-state index in [9.17, 15) is 14.4 Å². The van der Waals surface area contributed by atoms with Crippen molar-refractivity contribution >= 4 is 23.6 Å². The van der Waals surface area contributed by atoms with Gasteiger partial charge in [-0.25, -0.2) is 9.59 Å². The Bertz CT molecular complexity index is 529. The number of anilines is 1. The fourth-order valence-electron chi connectivity index (χ4n) is 1.57. The highest BCUT2D eigenvalue weighted by atomic mass is 16.5. The molecule has 0 saturated carbocycles. The summed E-state index contributed by atoms with van der Waals surface area (Å²) in [4.78, 5) is 34.9. The number of primary amides is 1. The molecule has 0 spiro atoms. The monoisotopic (exact) mass is 295 g/mol. The van der Waals surface area contributed by atoms with Crippen LogP contribution < -0.4 is 20.7 Å². The minimum absolute atomic E-state index is 0.475. The number of hydrogen-bond acceptors (Lipinski definition) is 4. The van der Waals surface area contributed by atoms with Gasteiger partial charge >= 0.3 is 12.0 Å². The van der Waals surface area contributed by atoms with Crippen LogP contribution in [0.1, 0.15) is 6.42 Å². The average molecular weight is 295 g/mol. The molecule has 21 heavy (non-hydrogen) atoms. The maximum Gasteiger partial charge on any atom is 0.326 e. The minimum Gasteiger partial charge on any atom is -0.497 e. The number of ether oxygens (including phenoxy) is 1. The van der Waals surface area contributed by atoms with Crippen LogP contribution in [0.25, 0.3) is 0 Å². The van der Waals surface area contributed by atoms with Crippen molar-refractivity contribution in [2.75, 3.05) is 19.1 Å². The quantitative estimate of drug-likeness (QED) is 0.690. The smallest absolute Gasteiger partial charge is 0.326 e. The van der Waals surface area contributed by atoms with Crippen LogP contribution in [0.2, 0.25) is 0 Å². The van der Waals surface area contributed by atoms with Gasteiger partial charge in [-0.05, 0) is 24.3 Å². The Morgan fingerprint density at radius 2 is 1.90 bits per heavy atom. The van der Waals surface area contributed by atoms with Crippen LogP contribution in [0.3, 0.4) is 0 Å². The lowest BCUT2D eigenvalue weighted by molar-refractivity contribution is -0.140. The molecule has 0 radical (unpaired) electrons. The van der Waals surface area contributed by atoms with E-state index in [0.29, 0.717) is 11.4 Å². The van der Waals surface area contributed by atoms with Gasteiger partial charge < -0.3 is 20.9 Å². The molecule has 0 unspecified atom stereocenters. The maximum atomic E-state index is 12.0. The predicted molar refractivity (Wildman–Crippen MR) is 75.2 cm³/mol. The Hall–Kier alpha value is -2.77. The van der Waals surface area contributed by atoms with Crippen LogP contribution in [0, 0.1) is 0 Å². The molecule has 1 rings (SSSR count). The molecule has 0 fully saturated rings. The molecular formula is C13H17N3O5. The number of carboxylic acids is 1. The summed E-state index contributed by atoms with van der Waals surface area (Å²) in [6.45, 7) is 0. The number of nitrogens with two attached hydrogens (primary N) is 1. The molecule has 0 aliphatic rings. The number of rotatable bonds is 6. The maximum absolute atomic E-state index is 12.0. The van der Waals surface area contributed by atoms with E-state index in [0.717, 1.165) is 0 Å². The van der Waals surface area contributed by atoms with Gasteiger partial charge in [-0.2, -0.15) is 0 Å².